The number of amides is 1. The summed E-state index contributed by atoms with van der Waals surface area (Å²) in [6.07, 6.45) is 0. The van der Waals surface area contributed by atoms with Gasteiger partial charge in [-0.25, -0.2) is 0 Å². The molecule has 1 N–H and O–H groups in total. The van der Waals surface area contributed by atoms with Crippen LogP contribution in [0.4, 0.5) is 0 Å². The predicted octanol–water partition coefficient (Wildman–Crippen LogP) is 1.63. The van der Waals surface area contributed by atoms with Crippen molar-refractivity contribution >= 4 is 5.91 Å². The Morgan fingerprint density at radius 2 is 1.96 bits per heavy atom. The number of aryl methyl sites for hydroxylation is 1. The second kappa shape index (κ2) is 6.23. The van der Waals surface area contributed by atoms with Crippen LogP contribution in [0.2, 0.25) is 0 Å². The van der Waals surface area contributed by atoms with Crippen molar-refractivity contribution < 1.29 is 14.3 Å². The van der Waals surface area contributed by atoms with Crippen LogP contribution in [0.1, 0.15) is 21.7 Å². The lowest BCUT2D eigenvalue weighted by Gasteiger charge is -2.07. The maximum atomic E-state index is 12.3. The monoisotopic (exact) mass is 337 g/mol. The zero-order valence-corrected chi connectivity index (χ0v) is 13.5. The fourth-order valence-corrected chi connectivity index (χ4v) is 2.56. The first-order chi connectivity index (χ1) is 12.2. The molecule has 4 rings (SSSR count). The molecule has 1 aliphatic rings. The first-order valence-electron chi connectivity index (χ1n) is 7.73. The molecule has 0 saturated heterocycles. The fourth-order valence-electron chi connectivity index (χ4n) is 2.56. The van der Waals surface area contributed by atoms with E-state index in [1.165, 1.54) is 0 Å². The van der Waals surface area contributed by atoms with Crippen molar-refractivity contribution in [1.82, 2.24) is 25.5 Å². The highest BCUT2D eigenvalue weighted by Gasteiger charge is 2.14. The smallest absolute Gasteiger partial charge is 0.251 e. The van der Waals surface area contributed by atoms with E-state index in [-0.39, 0.29) is 12.7 Å². The molecule has 0 fully saturated rings. The Balaban J connectivity index is 1.42. The zero-order valence-electron chi connectivity index (χ0n) is 13.5. The molecule has 1 amide bonds. The van der Waals surface area contributed by atoms with Crippen LogP contribution in [0.25, 0.3) is 5.69 Å². The molecule has 0 radical (unpaired) electrons. The second-order valence-electron chi connectivity index (χ2n) is 5.56. The summed E-state index contributed by atoms with van der Waals surface area (Å²) in [6.45, 7) is 2.45. The molecule has 2 aromatic carbocycles. The van der Waals surface area contributed by atoms with Gasteiger partial charge in [-0.05, 0) is 59.3 Å². The maximum absolute atomic E-state index is 12.3. The molecule has 25 heavy (non-hydrogen) atoms. The number of fused-ring (bicyclic) bond motifs is 1. The van der Waals surface area contributed by atoms with E-state index >= 15 is 0 Å². The van der Waals surface area contributed by atoms with Crippen molar-refractivity contribution in [2.24, 2.45) is 0 Å². The van der Waals surface area contributed by atoms with Gasteiger partial charge in [0.25, 0.3) is 5.91 Å². The summed E-state index contributed by atoms with van der Waals surface area (Å²) in [7, 11) is 0. The van der Waals surface area contributed by atoms with Gasteiger partial charge in [0.05, 0.1) is 5.69 Å². The van der Waals surface area contributed by atoms with Gasteiger partial charge in [-0.3, -0.25) is 4.79 Å². The molecule has 126 valence electrons. The van der Waals surface area contributed by atoms with Gasteiger partial charge >= 0.3 is 0 Å². The number of aromatic nitrogens is 4. The van der Waals surface area contributed by atoms with E-state index in [2.05, 4.69) is 20.8 Å². The topological polar surface area (TPSA) is 91.2 Å². The number of tetrazole rings is 1. The highest BCUT2D eigenvalue weighted by Crippen LogP contribution is 2.32. The largest absolute Gasteiger partial charge is 0.454 e. The lowest BCUT2D eigenvalue weighted by atomic mass is 10.1. The predicted molar refractivity (Wildman–Crippen MR) is 87.6 cm³/mol. The number of hydrogen-bond acceptors (Lipinski definition) is 6. The summed E-state index contributed by atoms with van der Waals surface area (Å²) in [5.41, 5.74) is 2.31. The highest BCUT2D eigenvalue weighted by molar-refractivity contribution is 5.94. The summed E-state index contributed by atoms with van der Waals surface area (Å²) < 4.78 is 12.2. The molecule has 0 bridgehead atoms. The average Bonchev–Trinajstić information content (AvgIpc) is 3.28. The Kier molecular flexibility index (Phi) is 3.77. The summed E-state index contributed by atoms with van der Waals surface area (Å²) >= 11 is 0. The van der Waals surface area contributed by atoms with Gasteiger partial charge in [-0.2, -0.15) is 4.68 Å². The Hall–Kier alpha value is -3.42. The van der Waals surface area contributed by atoms with E-state index < -0.39 is 0 Å². The summed E-state index contributed by atoms with van der Waals surface area (Å²) in [5.74, 6) is 1.95. The quantitative estimate of drug-likeness (QED) is 0.778. The molecule has 1 aromatic heterocycles. The van der Waals surface area contributed by atoms with Crippen molar-refractivity contribution in [1.29, 1.82) is 0 Å². The number of rotatable bonds is 4. The third-order valence-corrected chi connectivity index (χ3v) is 3.89. The van der Waals surface area contributed by atoms with E-state index in [1.807, 2.05) is 25.1 Å². The number of carbonyl (C=O) groups is 1. The van der Waals surface area contributed by atoms with E-state index in [1.54, 1.807) is 28.9 Å². The van der Waals surface area contributed by atoms with Gasteiger partial charge < -0.3 is 14.8 Å². The summed E-state index contributed by atoms with van der Waals surface area (Å²) in [4.78, 5) is 12.3. The number of hydrogen-bond donors (Lipinski definition) is 1. The van der Waals surface area contributed by atoms with E-state index in [4.69, 9.17) is 9.47 Å². The second-order valence-corrected chi connectivity index (χ2v) is 5.56. The maximum Gasteiger partial charge on any atom is 0.251 e. The van der Waals surface area contributed by atoms with Gasteiger partial charge in [0.1, 0.15) is 0 Å². The molecule has 2 heterocycles. The summed E-state index contributed by atoms with van der Waals surface area (Å²) in [5, 5.41) is 14.2. The van der Waals surface area contributed by atoms with Crippen molar-refractivity contribution in [2.45, 2.75) is 13.5 Å². The van der Waals surface area contributed by atoms with Gasteiger partial charge in [-0.1, -0.05) is 6.07 Å². The Bertz CT molecular complexity index is 920. The lowest BCUT2D eigenvalue weighted by molar-refractivity contribution is 0.0951. The molecule has 8 nitrogen and oxygen atoms in total. The molecule has 0 unspecified atom stereocenters. The summed E-state index contributed by atoms with van der Waals surface area (Å²) in [6, 6.07) is 12.7. The third kappa shape index (κ3) is 3.01. The minimum absolute atomic E-state index is 0.155. The average molecular weight is 337 g/mol. The molecule has 0 spiro atoms. The number of carbonyl (C=O) groups excluding carboxylic acids is 1. The van der Waals surface area contributed by atoms with Crippen molar-refractivity contribution in [2.75, 3.05) is 6.79 Å². The van der Waals surface area contributed by atoms with Crippen molar-refractivity contribution in [3.05, 3.63) is 59.4 Å². The Morgan fingerprint density at radius 3 is 2.72 bits per heavy atom. The van der Waals surface area contributed by atoms with Crippen molar-refractivity contribution in [3.63, 3.8) is 0 Å². The number of nitrogens with one attached hydrogen (secondary N) is 1. The van der Waals surface area contributed by atoms with Gasteiger partial charge in [0, 0.05) is 12.1 Å². The Labute approximate surface area is 143 Å². The van der Waals surface area contributed by atoms with Gasteiger partial charge in [0.2, 0.25) is 6.79 Å². The van der Waals surface area contributed by atoms with Gasteiger partial charge in [-0.15, -0.1) is 5.10 Å². The lowest BCUT2D eigenvalue weighted by Crippen LogP contribution is -2.22. The first kappa shape index (κ1) is 15.1. The molecule has 3 aromatic rings. The first-order valence-corrected chi connectivity index (χ1v) is 7.73. The molecular formula is C17H15N5O3. The molecular weight excluding hydrogens is 322 g/mol. The highest BCUT2D eigenvalue weighted by atomic mass is 16.7. The van der Waals surface area contributed by atoms with Crippen LogP contribution in [-0.4, -0.2) is 32.9 Å². The minimum atomic E-state index is -0.155. The number of benzene rings is 2. The minimum Gasteiger partial charge on any atom is -0.454 e. The van der Waals surface area contributed by atoms with Gasteiger partial charge in [0.15, 0.2) is 17.3 Å². The van der Waals surface area contributed by atoms with Crippen LogP contribution < -0.4 is 14.8 Å². The fraction of sp³-hybridized carbons (Fsp3) is 0.176. The molecule has 1 aliphatic heterocycles. The van der Waals surface area contributed by atoms with E-state index in [0.29, 0.717) is 23.7 Å². The van der Waals surface area contributed by atoms with Crippen molar-refractivity contribution in [3.8, 4) is 17.2 Å². The van der Waals surface area contributed by atoms with E-state index in [0.717, 1.165) is 17.0 Å². The van der Waals surface area contributed by atoms with Crippen LogP contribution >= 0.6 is 0 Å². The van der Waals surface area contributed by atoms with Crippen LogP contribution in [-0.2, 0) is 6.54 Å². The van der Waals surface area contributed by atoms with Crippen LogP contribution in [0.3, 0.4) is 0 Å². The standard InChI is InChI=1S/C17H15N5O3/c1-11-19-20-21-22(11)14-5-3-13(4-6-14)17(23)18-9-12-2-7-15-16(8-12)25-10-24-15/h2-8H,9-10H2,1H3,(H,18,23). The number of ether oxygens (including phenoxy) is 2. The molecule has 0 atom stereocenters. The van der Waals surface area contributed by atoms with Crippen LogP contribution in [0, 0.1) is 6.92 Å². The third-order valence-electron chi connectivity index (χ3n) is 3.89. The molecule has 8 heteroatoms. The SMILES string of the molecule is Cc1nnnn1-c1ccc(C(=O)NCc2ccc3c(c2)OCO3)cc1. The zero-order chi connectivity index (χ0) is 17.2. The van der Waals surface area contributed by atoms with Crippen LogP contribution in [0.15, 0.2) is 42.5 Å². The molecule has 0 saturated carbocycles. The molecule has 0 aliphatic carbocycles. The Morgan fingerprint density at radius 1 is 1.16 bits per heavy atom. The normalized spacial score (nSPS) is 12.2. The number of nitrogens with zero attached hydrogens (tertiary/aromatic N) is 4. The van der Waals surface area contributed by atoms with E-state index in [9.17, 15) is 4.79 Å². The van der Waals surface area contributed by atoms with Crippen LogP contribution in [0.5, 0.6) is 11.5 Å².